The second kappa shape index (κ2) is 9.74. The number of hydrogen-bond acceptors (Lipinski definition) is 6. The van der Waals surface area contributed by atoms with Crippen LogP contribution >= 0.6 is 23.4 Å². The van der Waals surface area contributed by atoms with Crippen molar-refractivity contribution in [3.8, 4) is 0 Å². The van der Waals surface area contributed by atoms with Gasteiger partial charge in [0.15, 0.2) is 0 Å². The van der Waals surface area contributed by atoms with E-state index in [0.717, 1.165) is 18.2 Å². The average Bonchev–Trinajstić information content (AvgIpc) is 3.17. The predicted octanol–water partition coefficient (Wildman–Crippen LogP) is 3.87. The molecule has 1 unspecified atom stereocenters. The van der Waals surface area contributed by atoms with Gasteiger partial charge in [0.1, 0.15) is 28.9 Å². The second-order valence-electron chi connectivity index (χ2n) is 6.56. The van der Waals surface area contributed by atoms with Crippen LogP contribution in [-0.4, -0.2) is 32.3 Å². The molecule has 1 aliphatic rings. The van der Waals surface area contributed by atoms with Crippen molar-refractivity contribution in [3.63, 3.8) is 0 Å². The first-order valence-electron chi connectivity index (χ1n) is 8.80. The van der Waals surface area contributed by atoms with Crippen LogP contribution in [0.5, 0.6) is 0 Å². The van der Waals surface area contributed by atoms with Gasteiger partial charge < -0.3 is 11.1 Å². The van der Waals surface area contributed by atoms with Crippen LogP contribution in [-0.2, 0) is 16.4 Å². The zero-order chi connectivity index (χ0) is 22.8. The highest BCUT2D eigenvalue weighted by molar-refractivity contribution is 8.12. The van der Waals surface area contributed by atoms with E-state index in [0.29, 0.717) is 5.75 Å². The van der Waals surface area contributed by atoms with Crippen LogP contribution in [0.1, 0.15) is 17.3 Å². The molecule has 6 nitrogen and oxygen atoms in total. The lowest BCUT2D eigenvalue weighted by Gasteiger charge is -2.19. The van der Waals surface area contributed by atoms with Crippen molar-refractivity contribution in [1.29, 1.82) is 0 Å². The van der Waals surface area contributed by atoms with E-state index in [2.05, 4.69) is 15.0 Å². The van der Waals surface area contributed by atoms with E-state index in [1.165, 1.54) is 29.4 Å². The summed E-state index contributed by atoms with van der Waals surface area (Å²) < 4.78 is 81.0. The monoisotopic (exact) mass is 496 g/mol. The Labute approximate surface area is 185 Å². The number of nitrogens with two attached hydrogens (primary N) is 1. The lowest BCUT2D eigenvalue weighted by atomic mass is 10.1. The van der Waals surface area contributed by atoms with Crippen molar-refractivity contribution in [3.05, 3.63) is 58.1 Å². The fourth-order valence-corrected chi connectivity index (χ4v) is 5.10. The largest absolute Gasteiger partial charge is 0.365 e. The second-order valence-corrected chi connectivity index (χ2v) is 9.53. The molecular formula is C18H17ClF4N4O2S2. The molecule has 2 aromatic rings. The molecule has 0 amide bonds. The van der Waals surface area contributed by atoms with Gasteiger partial charge in [-0.3, -0.25) is 4.99 Å². The summed E-state index contributed by atoms with van der Waals surface area (Å²) in [7, 11) is -4.24. The highest BCUT2D eigenvalue weighted by atomic mass is 35.5. The van der Waals surface area contributed by atoms with Gasteiger partial charge in [0.2, 0.25) is 16.4 Å². The molecular weight excluding hydrogens is 480 g/mol. The zero-order valence-electron chi connectivity index (χ0n) is 15.7. The quantitative estimate of drug-likeness (QED) is 0.381. The number of aliphatic imine (C=N–C) groups is 1. The number of alkyl halides is 2. The van der Waals surface area contributed by atoms with Crippen LogP contribution in [0.4, 0.5) is 23.2 Å². The minimum Gasteiger partial charge on any atom is -0.365 e. The number of halogens is 5. The molecule has 2 atom stereocenters. The van der Waals surface area contributed by atoms with E-state index in [9.17, 15) is 26.0 Å². The van der Waals surface area contributed by atoms with E-state index in [4.69, 9.17) is 17.3 Å². The SMILES string of the molecule is N[C@H](Nc1cc(F)c(S(=O)(=O)NC2CSC=N2)cc1Cl)c1cc(CC(F)F)ccc1F. The lowest BCUT2D eigenvalue weighted by molar-refractivity contribution is 0.149. The van der Waals surface area contributed by atoms with Crippen LogP contribution in [0.3, 0.4) is 0 Å². The summed E-state index contributed by atoms with van der Waals surface area (Å²) in [4.78, 5) is 3.22. The van der Waals surface area contributed by atoms with Crippen molar-refractivity contribution in [2.75, 3.05) is 11.1 Å². The number of sulfonamides is 1. The highest BCUT2D eigenvalue weighted by Gasteiger charge is 2.26. The van der Waals surface area contributed by atoms with E-state index in [1.807, 2.05) is 0 Å². The lowest BCUT2D eigenvalue weighted by Crippen LogP contribution is -2.34. The number of anilines is 1. The van der Waals surface area contributed by atoms with E-state index >= 15 is 0 Å². The molecule has 4 N–H and O–H groups in total. The molecule has 1 aliphatic heterocycles. The molecule has 13 heteroatoms. The molecule has 2 aromatic carbocycles. The Morgan fingerprint density at radius 2 is 1.97 bits per heavy atom. The van der Waals surface area contributed by atoms with Crippen LogP contribution in [0.25, 0.3) is 0 Å². The third-order valence-corrected chi connectivity index (χ3v) is 6.83. The molecule has 0 spiro atoms. The van der Waals surface area contributed by atoms with Crippen LogP contribution in [0.15, 0.2) is 40.2 Å². The van der Waals surface area contributed by atoms with Crippen molar-refractivity contribution < 1.29 is 26.0 Å². The van der Waals surface area contributed by atoms with Crippen LogP contribution in [0.2, 0.25) is 5.02 Å². The van der Waals surface area contributed by atoms with Gasteiger partial charge in [0, 0.05) is 17.7 Å². The number of nitrogens with one attached hydrogen (secondary N) is 2. The van der Waals surface area contributed by atoms with Gasteiger partial charge in [-0.2, -0.15) is 4.72 Å². The number of thioether (sulfide) groups is 1. The molecule has 31 heavy (non-hydrogen) atoms. The maximum Gasteiger partial charge on any atom is 0.245 e. The van der Waals surface area contributed by atoms with E-state index < -0.39 is 51.7 Å². The molecule has 0 aromatic heterocycles. The van der Waals surface area contributed by atoms with Crippen molar-refractivity contribution in [2.45, 2.75) is 30.1 Å². The maximum atomic E-state index is 14.6. The Hall–Kier alpha value is -1.86. The third kappa shape index (κ3) is 5.89. The van der Waals surface area contributed by atoms with Gasteiger partial charge in [-0.05, 0) is 29.8 Å². The Morgan fingerprint density at radius 3 is 2.61 bits per heavy atom. The van der Waals surface area contributed by atoms with E-state index in [-0.39, 0.29) is 21.8 Å². The molecule has 0 bridgehead atoms. The molecule has 1 heterocycles. The molecule has 0 aliphatic carbocycles. The third-order valence-electron chi connectivity index (χ3n) is 4.27. The number of hydrogen-bond donors (Lipinski definition) is 3. The predicted molar refractivity (Wildman–Crippen MR) is 113 cm³/mol. The van der Waals surface area contributed by atoms with Gasteiger partial charge in [0.25, 0.3) is 0 Å². The smallest absolute Gasteiger partial charge is 0.245 e. The van der Waals surface area contributed by atoms with Crippen LogP contribution < -0.4 is 15.8 Å². The number of nitrogens with zero attached hydrogens (tertiary/aromatic N) is 1. The first-order valence-corrected chi connectivity index (χ1v) is 11.7. The van der Waals surface area contributed by atoms with Gasteiger partial charge in [0.05, 0.1) is 16.3 Å². The van der Waals surface area contributed by atoms with Gasteiger partial charge in [-0.1, -0.05) is 17.7 Å². The van der Waals surface area contributed by atoms with Crippen molar-refractivity contribution >= 4 is 44.6 Å². The molecule has 0 radical (unpaired) electrons. The molecule has 0 saturated heterocycles. The summed E-state index contributed by atoms with van der Waals surface area (Å²) >= 11 is 7.40. The summed E-state index contributed by atoms with van der Waals surface area (Å²) in [5.41, 5.74) is 7.33. The summed E-state index contributed by atoms with van der Waals surface area (Å²) in [5, 5.41) is 2.39. The summed E-state index contributed by atoms with van der Waals surface area (Å²) in [6, 6.07) is 5.09. The Balaban J connectivity index is 1.83. The highest BCUT2D eigenvalue weighted by Crippen LogP contribution is 2.31. The standard InChI is InChI=1S/C18H17ClF4N4O2S2/c19-11-5-15(31(28,29)27-17-7-30-8-25-17)13(21)6-14(11)26-18(24)10-3-9(4-16(22)23)1-2-12(10)20/h1-3,5-6,8,16-18,26-27H,4,7,24H2/t17?,18-/m1/s1. The summed E-state index contributed by atoms with van der Waals surface area (Å²) in [6.07, 6.45) is -5.19. The average molecular weight is 497 g/mol. The molecule has 168 valence electrons. The number of benzene rings is 2. The fourth-order valence-electron chi connectivity index (χ4n) is 2.83. The minimum absolute atomic E-state index is 0.0984. The van der Waals surface area contributed by atoms with Crippen molar-refractivity contribution in [1.82, 2.24) is 4.72 Å². The first-order chi connectivity index (χ1) is 14.6. The summed E-state index contributed by atoms with van der Waals surface area (Å²) in [6.45, 7) is 0. The molecule has 3 rings (SSSR count). The van der Waals surface area contributed by atoms with Crippen LogP contribution in [0, 0.1) is 11.6 Å². The fraction of sp³-hybridized carbons (Fsp3) is 0.278. The number of rotatable bonds is 8. The van der Waals surface area contributed by atoms with Gasteiger partial charge >= 0.3 is 0 Å². The Kier molecular flexibility index (Phi) is 7.47. The first kappa shape index (κ1) is 23.8. The molecule has 0 saturated carbocycles. The van der Waals surface area contributed by atoms with Gasteiger partial charge in [-0.15, -0.1) is 11.8 Å². The topological polar surface area (TPSA) is 96.6 Å². The molecule has 0 fully saturated rings. The summed E-state index contributed by atoms with van der Waals surface area (Å²) in [5.74, 6) is -1.50. The van der Waals surface area contributed by atoms with Gasteiger partial charge in [-0.25, -0.2) is 26.0 Å². The van der Waals surface area contributed by atoms with Crippen molar-refractivity contribution in [2.24, 2.45) is 10.7 Å². The Bertz CT molecular complexity index is 1100. The Morgan fingerprint density at radius 1 is 1.23 bits per heavy atom. The minimum atomic E-state index is -4.24. The zero-order valence-corrected chi connectivity index (χ0v) is 18.0. The maximum absolute atomic E-state index is 14.6. The normalized spacial score (nSPS) is 17.3. The van der Waals surface area contributed by atoms with E-state index in [1.54, 1.807) is 0 Å².